The third kappa shape index (κ3) is 3.78. The first-order chi connectivity index (χ1) is 12.1. The van der Waals surface area contributed by atoms with Gasteiger partial charge in [0.1, 0.15) is 0 Å². The molecule has 0 amide bonds. The maximum Gasteiger partial charge on any atom is 0.262 e. The molecule has 0 N–H and O–H groups in total. The standard InChI is InChI=1S/C19H17ClN2O2S/c1-2-11-22-18(24)14-8-4-6-10-16(14)21-19(22)25-12-17(23)13-7-3-5-9-15(13)20/h3-10H,2,11-12H2,1H3. The van der Waals surface area contributed by atoms with Gasteiger partial charge in [0.2, 0.25) is 0 Å². The number of thioether (sulfide) groups is 1. The van der Waals surface area contributed by atoms with Crippen LogP contribution >= 0.6 is 23.4 Å². The molecule has 4 nitrogen and oxygen atoms in total. The Bertz CT molecular complexity index is 985. The smallest absolute Gasteiger partial charge is 0.262 e. The van der Waals surface area contributed by atoms with E-state index in [1.807, 2.05) is 25.1 Å². The number of ketones is 1. The number of fused-ring (bicyclic) bond motifs is 1. The molecule has 128 valence electrons. The minimum Gasteiger partial charge on any atom is -0.293 e. The molecular formula is C19H17ClN2O2S. The summed E-state index contributed by atoms with van der Waals surface area (Å²) in [4.78, 5) is 29.7. The van der Waals surface area contributed by atoms with Crippen molar-refractivity contribution < 1.29 is 4.79 Å². The predicted octanol–water partition coefficient (Wildman–Crippen LogP) is 4.43. The van der Waals surface area contributed by atoms with Gasteiger partial charge in [-0.25, -0.2) is 4.98 Å². The van der Waals surface area contributed by atoms with Crippen LogP contribution in [0.25, 0.3) is 10.9 Å². The maximum absolute atomic E-state index is 12.7. The quantitative estimate of drug-likeness (QED) is 0.365. The van der Waals surface area contributed by atoms with Gasteiger partial charge in [0, 0.05) is 12.1 Å². The average molecular weight is 373 g/mol. The fourth-order valence-electron chi connectivity index (χ4n) is 2.57. The number of carbonyl (C=O) groups excluding carboxylic acids is 1. The van der Waals surface area contributed by atoms with Crippen molar-refractivity contribution in [3.63, 3.8) is 0 Å². The molecule has 0 fully saturated rings. The lowest BCUT2D eigenvalue weighted by Gasteiger charge is -2.12. The molecule has 0 aliphatic carbocycles. The highest BCUT2D eigenvalue weighted by Crippen LogP contribution is 2.22. The molecule has 0 saturated carbocycles. The van der Waals surface area contributed by atoms with Crippen LogP contribution in [0.5, 0.6) is 0 Å². The Kier molecular flexibility index (Phi) is 5.56. The Morgan fingerprint density at radius 3 is 2.64 bits per heavy atom. The van der Waals surface area contributed by atoms with Crippen LogP contribution in [0, 0.1) is 0 Å². The van der Waals surface area contributed by atoms with Crippen LogP contribution in [-0.4, -0.2) is 21.1 Å². The molecule has 0 saturated heterocycles. The molecule has 25 heavy (non-hydrogen) atoms. The number of para-hydroxylation sites is 1. The summed E-state index contributed by atoms with van der Waals surface area (Å²) >= 11 is 7.36. The Hall–Kier alpha value is -2.11. The van der Waals surface area contributed by atoms with E-state index in [2.05, 4.69) is 4.98 Å². The molecule has 0 bridgehead atoms. The minimum atomic E-state index is -0.0824. The zero-order chi connectivity index (χ0) is 17.8. The van der Waals surface area contributed by atoms with E-state index >= 15 is 0 Å². The van der Waals surface area contributed by atoms with Gasteiger partial charge in [0.05, 0.1) is 21.7 Å². The van der Waals surface area contributed by atoms with Crippen LogP contribution in [0.1, 0.15) is 23.7 Å². The lowest BCUT2D eigenvalue weighted by atomic mass is 10.1. The fourth-order valence-corrected chi connectivity index (χ4v) is 3.72. The molecule has 2 aromatic carbocycles. The van der Waals surface area contributed by atoms with Gasteiger partial charge in [0.25, 0.3) is 5.56 Å². The lowest BCUT2D eigenvalue weighted by molar-refractivity contribution is 0.102. The van der Waals surface area contributed by atoms with Crippen molar-refractivity contribution >= 4 is 40.0 Å². The summed E-state index contributed by atoms with van der Waals surface area (Å²) in [6.45, 7) is 2.57. The van der Waals surface area contributed by atoms with Crippen molar-refractivity contribution in [2.75, 3.05) is 5.75 Å². The van der Waals surface area contributed by atoms with E-state index in [0.717, 1.165) is 6.42 Å². The Labute approximate surface area is 154 Å². The van der Waals surface area contributed by atoms with E-state index in [9.17, 15) is 9.59 Å². The molecule has 0 radical (unpaired) electrons. The topological polar surface area (TPSA) is 52.0 Å². The van der Waals surface area contributed by atoms with Gasteiger partial charge in [-0.1, -0.05) is 54.6 Å². The number of aromatic nitrogens is 2. The number of rotatable bonds is 6. The van der Waals surface area contributed by atoms with Crippen LogP contribution in [0.2, 0.25) is 5.02 Å². The molecular weight excluding hydrogens is 356 g/mol. The molecule has 0 aliphatic heterocycles. The number of hydrogen-bond donors (Lipinski definition) is 0. The second kappa shape index (κ2) is 7.85. The van der Waals surface area contributed by atoms with Gasteiger partial charge in [0.15, 0.2) is 10.9 Å². The van der Waals surface area contributed by atoms with E-state index in [4.69, 9.17) is 11.6 Å². The second-order valence-corrected chi connectivity index (χ2v) is 6.91. The molecule has 0 atom stereocenters. The van der Waals surface area contributed by atoms with Crippen molar-refractivity contribution in [1.82, 2.24) is 9.55 Å². The highest BCUT2D eigenvalue weighted by atomic mass is 35.5. The fraction of sp³-hybridized carbons (Fsp3) is 0.211. The van der Waals surface area contributed by atoms with Crippen molar-refractivity contribution in [3.8, 4) is 0 Å². The van der Waals surface area contributed by atoms with Crippen molar-refractivity contribution in [2.45, 2.75) is 25.0 Å². The van der Waals surface area contributed by atoms with Gasteiger partial charge in [-0.2, -0.15) is 0 Å². The summed E-state index contributed by atoms with van der Waals surface area (Å²) in [5.74, 6) is 0.0964. The molecule has 3 aromatic rings. The van der Waals surface area contributed by atoms with E-state index in [-0.39, 0.29) is 17.1 Å². The number of Topliss-reactive ketones (excluding diaryl/α,β-unsaturated/α-hetero) is 1. The van der Waals surface area contributed by atoms with Crippen LogP contribution in [0.15, 0.2) is 58.5 Å². The SMILES string of the molecule is CCCn1c(SCC(=O)c2ccccc2Cl)nc2ccccc2c1=O. The van der Waals surface area contributed by atoms with Crippen molar-refractivity contribution in [1.29, 1.82) is 0 Å². The monoisotopic (exact) mass is 372 g/mol. The number of carbonyl (C=O) groups is 1. The highest BCUT2D eigenvalue weighted by Gasteiger charge is 2.15. The first kappa shape index (κ1) is 17.7. The van der Waals surface area contributed by atoms with Gasteiger partial charge in [-0.05, 0) is 30.7 Å². The Morgan fingerprint density at radius 2 is 1.88 bits per heavy atom. The van der Waals surface area contributed by atoms with Gasteiger partial charge in [-0.15, -0.1) is 0 Å². The first-order valence-corrected chi connectivity index (χ1v) is 9.38. The summed E-state index contributed by atoms with van der Waals surface area (Å²) in [7, 11) is 0. The largest absolute Gasteiger partial charge is 0.293 e. The van der Waals surface area contributed by atoms with Gasteiger partial charge < -0.3 is 0 Å². The van der Waals surface area contributed by atoms with Crippen molar-refractivity contribution in [2.24, 2.45) is 0 Å². The summed E-state index contributed by atoms with van der Waals surface area (Å²) in [6.07, 6.45) is 0.811. The molecule has 3 rings (SSSR count). The van der Waals surface area contributed by atoms with E-state index in [0.29, 0.717) is 33.2 Å². The Morgan fingerprint density at radius 1 is 1.16 bits per heavy atom. The summed E-state index contributed by atoms with van der Waals surface area (Å²) in [6, 6.07) is 14.2. The number of hydrogen-bond acceptors (Lipinski definition) is 4. The average Bonchev–Trinajstić information content (AvgIpc) is 2.63. The zero-order valence-corrected chi connectivity index (χ0v) is 15.3. The molecule has 6 heteroatoms. The summed E-state index contributed by atoms with van der Waals surface area (Å²) < 4.78 is 1.65. The Balaban J connectivity index is 1.93. The van der Waals surface area contributed by atoms with E-state index in [1.54, 1.807) is 34.9 Å². The molecule has 0 spiro atoms. The summed E-state index contributed by atoms with van der Waals surface area (Å²) in [5.41, 5.74) is 1.06. The number of halogens is 1. The molecule has 0 aliphatic rings. The third-order valence-corrected chi connectivity index (χ3v) is 5.09. The van der Waals surface area contributed by atoms with Crippen LogP contribution in [0.3, 0.4) is 0 Å². The molecule has 1 aromatic heterocycles. The highest BCUT2D eigenvalue weighted by molar-refractivity contribution is 7.99. The summed E-state index contributed by atoms with van der Waals surface area (Å²) in [5, 5.41) is 1.59. The van der Waals surface area contributed by atoms with Crippen LogP contribution in [0.4, 0.5) is 0 Å². The van der Waals surface area contributed by atoms with E-state index < -0.39 is 0 Å². The number of benzene rings is 2. The normalized spacial score (nSPS) is 11.0. The molecule has 0 unspecified atom stereocenters. The third-order valence-electron chi connectivity index (χ3n) is 3.78. The van der Waals surface area contributed by atoms with Crippen LogP contribution in [-0.2, 0) is 6.54 Å². The van der Waals surface area contributed by atoms with Gasteiger partial charge in [-0.3, -0.25) is 14.2 Å². The van der Waals surface area contributed by atoms with E-state index in [1.165, 1.54) is 11.8 Å². The zero-order valence-electron chi connectivity index (χ0n) is 13.7. The predicted molar refractivity (Wildman–Crippen MR) is 103 cm³/mol. The molecule has 1 heterocycles. The number of nitrogens with zero attached hydrogens (tertiary/aromatic N) is 2. The van der Waals surface area contributed by atoms with Crippen LogP contribution < -0.4 is 5.56 Å². The first-order valence-electron chi connectivity index (χ1n) is 8.02. The van der Waals surface area contributed by atoms with Gasteiger partial charge >= 0.3 is 0 Å². The van der Waals surface area contributed by atoms with Crippen molar-refractivity contribution in [3.05, 3.63) is 69.5 Å². The minimum absolute atomic E-state index is 0.0693. The second-order valence-electron chi connectivity index (χ2n) is 5.56. The lowest BCUT2D eigenvalue weighted by Crippen LogP contribution is -2.23. The maximum atomic E-state index is 12.7.